The van der Waals surface area contributed by atoms with Crippen LogP contribution < -0.4 is 39.4 Å². The molecule has 2 aliphatic rings. The molecule has 0 aliphatic carbocycles. The summed E-state index contributed by atoms with van der Waals surface area (Å²) in [5.74, 6) is -0.238. The molecule has 0 saturated carbocycles. The largest absolute Gasteiger partial charge is 1.00 e. The Morgan fingerprint density at radius 3 is 2.53 bits per heavy atom. The number of pyridine rings is 2. The van der Waals surface area contributed by atoms with Crippen LogP contribution >= 0.6 is 11.3 Å². The standard InChI is InChI=1S/C31H25N5O5S.Na/c1-18-21-16-26(42-29(21)36(34-18)27-4-2-3-10-33-27)28(38)35-12-8-31(9-13-35)17-24(37)22-14-19(5-6-25(22)41-31)20-7-11-32-23(15-20)30(39)40;/h2-7,10-11,14-16H,8-9,12-13,17H2,1H3,(H,39,40);/q;+1/p-1. The van der Waals surface area contributed by atoms with E-state index in [0.29, 0.717) is 59.1 Å². The smallest absolute Gasteiger partial charge is 0.543 e. The van der Waals surface area contributed by atoms with Crippen molar-refractivity contribution in [2.75, 3.05) is 13.1 Å². The molecule has 43 heavy (non-hydrogen) atoms. The van der Waals surface area contributed by atoms with E-state index in [0.717, 1.165) is 15.9 Å². The Kier molecular flexibility index (Phi) is 7.67. The van der Waals surface area contributed by atoms with E-state index in [-0.39, 0.29) is 53.4 Å². The first kappa shape index (κ1) is 29.2. The number of hydrogen-bond donors (Lipinski definition) is 0. The predicted octanol–water partition coefficient (Wildman–Crippen LogP) is 0.860. The molecule has 1 aromatic carbocycles. The van der Waals surface area contributed by atoms with E-state index < -0.39 is 11.6 Å². The van der Waals surface area contributed by atoms with Crippen molar-refractivity contribution in [1.82, 2.24) is 24.6 Å². The minimum Gasteiger partial charge on any atom is -0.543 e. The fourth-order valence-corrected chi connectivity index (χ4v) is 6.87. The SMILES string of the molecule is Cc1nn(-c2ccccn2)c2sc(C(=O)N3CCC4(CC3)CC(=O)c3cc(-c5ccnc(C(=O)[O-])c5)ccc3O4)cc12.[Na+]. The molecule has 1 spiro atoms. The van der Waals surface area contributed by atoms with E-state index >= 15 is 0 Å². The Bertz CT molecular complexity index is 1900. The number of ether oxygens (including phenoxy) is 1. The van der Waals surface area contributed by atoms with Crippen molar-refractivity contribution < 1.29 is 53.8 Å². The van der Waals surface area contributed by atoms with Gasteiger partial charge in [-0.15, -0.1) is 11.3 Å². The van der Waals surface area contributed by atoms with E-state index in [1.807, 2.05) is 36.1 Å². The van der Waals surface area contributed by atoms with Gasteiger partial charge in [0.05, 0.1) is 34.2 Å². The van der Waals surface area contributed by atoms with Gasteiger partial charge in [0.15, 0.2) is 11.6 Å². The van der Waals surface area contributed by atoms with Crippen molar-refractivity contribution in [2.45, 2.75) is 31.8 Å². The number of hydrogen-bond acceptors (Lipinski definition) is 9. The van der Waals surface area contributed by atoms with Crippen LogP contribution in [0.15, 0.2) is 67.0 Å². The number of likely N-dealkylation sites (tertiary alicyclic amines) is 1. The molecule has 0 unspecified atom stereocenters. The van der Waals surface area contributed by atoms with Crippen LogP contribution in [0.3, 0.4) is 0 Å². The van der Waals surface area contributed by atoms with Gasteiger partial charge in [-0.1, -0.05) is 12.1 Å². The first-order valence-corrected chi connectivity index (χ1v) is 14.4. The van der Waals surface area contributed by atoms with Gasteiger partial charge in [0, 0.05) is 43.7 Å². The zero-order valence-electron chi connectivity index (χ0n) is 23.6. The number of aryl methyl sites for hydroxylation is 1. The van der Waals surface area contributed by atoms with E-state index in [4.69, 9.17) is 4.74 Å². The molecule has 7 rings (SSSR count). The Labute approximate surface area is 272 Å². The number of carboxylic acids is 1. The van der Waals surface area contributed by atoms with Gasteiger partial charge in [-0.2, -0.15) is 5.10 Å². The summed E-state index contributed by atoms with van der Waals surface area (Å²) < 4.78 is 8.22. The van der Waals surface area contributed by atoms with Crippen molar-refractivity contribution in [1.29, 1.82) is 0 Å². The molecule has 1 amide bonds. The molecule has 0 N–H and O–H groups in total. The molecule has 5 aromatic rings. The summed E-state index contributed by atoms with van der Waals surface area (Å²) in [6.07, 6.45) is 4.41. The second-order valence-corrected chi connectivity index (χ2v) is 11.7. The van der Waals surface area contributed by atoms with Gasteiger partial charge >= 0.3 is 29.6 Å². The molecule has 0 radical (unpaired) electrons. The van der Waals surface area contributed by atoms with E-state index in [1.165, 1.54) is 23.6 Å². The number of aromatic carboxylic acids is 1. The Morgan fingerprint density at radius 1 is 1.00 bits per heavy atom. The van der Waals surface area contributed by atoms with Crippen LogP contribution in [0.5, 0.6) is 5.75 Å². The number of carboxylic acid groups (broad SMARTS) is 1. The number of nitrogens with zero attached hydrogens (tertiary/aromatic N) is 5. The second kappa shape index (κ2) is 11.3. The van der Waals surface area contributed by atoms with Crippen molar-refractivity contribution in [3.05, 3.63) is 88.8 Å². The van der Waals surface area contributed by atoms with Gasteiger partial charge in [0.25, 0.3) is 5.91 Å². The maximum atomic E-state index is 13.5. The van der Waals surface area contributed by atoms with Gasteiger partial charge in [-0.05, 0) is 60.5 Å². The average molecular weight is 602 g/mol. The Balaban J connectivity index is 0.00000329. The van der Waals surface area contributed by atoms with Crippen molar-refractivity contribution in [2.24, 2.45) is 0 Å². The Hall–Kier alpha value is -3.90. The van der Waals surface area contributed by atoms with Crippen LogP contribution in [0.1, 0.15) is 55.5 Å². The number of thiophene rings is 1. The number of ketones is 1. The number of carbonyl (C=O) groups is 3. The van der Waals surface area contributed by atoms with Crippen LogP contribution in [0.4, 0.5) is 0 Å². The maximum absolute atomic E-state index is 13.5. The normalized spacial score (nSPS) is 15.6. The molecule has 0 atom stereocenters. The molecule has 1 saturated heterocycles. The molecule has 210 valence electrons. The zero-order chi connectivity index (χ0) is 29.0. The zero-order valence-corrected chi connectivity index (χ0v) is 26.4. The van der Waals surface area contributed by atoms with Crippen LogP contribution in [0, 0.1) is 6.92 Å². The molecular weight excluding hydrogens is 577 g/mol. The van der Waals surface area contributed by atoms with Gasteiger partial charge < -0.3 is 19.5 Å². The minimum absolute atomic E-state index is 0. The number of amides is 1. The molecule has 0 bridgehead atoms. The van der Waals surface area contributed by atoms with Crippen LogP contribution in [0.25, 0.3) is 27.2 Å². The van der Waals surface area contributed by atoms with Crippen LogP contribution in [-0.2, 0) is 0 Å². The fourth-order valence-electron chi connectivity index (χ4n) is 5.73. The predicted molar refractivity (Wildman–Crippen MR) is 153 cm³/mol. The number of rotatable bonds is 4. The molecule has 12 heteroatoms. The van der Waals surface area contributed by atoms with Crippen LogP contribution in [0.2, 0.25) is 0 Å². The number of Topliss-reactive ketones (excluding diaryl/α,β-unsaturated/α-hetero) is 1. The van der Waals surface area contributed by atoms with Gasteiger partial charge in [0.1, 0.15) is 16.2 Å². The van der Waals surface area contributed by atoms with Crippen molar-refractivity contribution in [3.63, 3.8) is 0 Å². The summed E-state index contributed by atoms with van der Waals surface area (Å²) in [5, 5.41) is 16.8. The van der Waals surface area contributed by atoms with Crippen LogP contribution in [-0.4, -0.2) is 61.0 Å². The molecule has 4 aromatic heterocycles. The summed E-state index contributed by atoms with van der Waals surface area (Å²) in [4.78, 5) is 49.6. The first-order valence-electron chi connectivity index (χ1n) is 13.5. The Morgan fingerprint density at radius 2 is 1.79 bits per heavy atom. The first-order chi connectivity index (χ1) is 20.3. The van der Waals surface area contributed by atoms with E-state index in [1.54, 1.807) is 35.1 Å². The molecular formula is C31H24N5NaO5S. The number of aromatic nitrogens is 4. The summed E-state index contributed by atoms with van der Waals surface area (Å²) in [6, 6.07) is 15.9. The third kappa shape index (κ3) is 5.27. The average Bonchev–Trinajstić information content (AvgIpc) is 3.58. The summed E-state index contributed by atoms with van der Waals surface area (Å²) in [5.41, 5.74) is 1.77. The van der Waals surface area contributed by atoms with E-state index in [2.05, 4.69) is 15.1 Å². The van der Waals surface area contributed by atoms with Crippen molar-refractivity contribution in [3.8, 4) is 22.7 Å². The third-order valence-corrected chi connectivity index (χ3v) is 9.07. The number of fused-ring (bicyclic) bond motifs is 2. The summed E-state index contributed by atoms with van der Waals surface area (Å²) >= 11 is 1.41. The minimum atomic E-state index is -1.36. The van der Waals surface area contributed by atoms with Gasteiger partial charge in [-0.25, -0.2) is 9.67 Å². The fraction of sp³-hybridized carbons (Fsp3) is 0.226. The summed E-state index contributed by atoms with van der Waals surface area (Å²) in [7, 11) is 0. The van der Waals surface area contributed by atoms with E-state index in [9.17, 15) is 19.5 Å². The van der Waals surface area contributed by atoms with Gasteiger partial charge in [-0.3, -0.25) is 14.6 Å². The monoisotopic (exact) mass is 601 g/mol. The topological polar surface area (TPSA) is 130 Å². The van der Waals surface area contributed by atoms with Crippen molar-refractivity contribution >= 4 is 39.2 Å². The molecule has 2 aliphatic heterocycles. The number of benzene rings is 1. The summed E-state index contributed by atoms with van der Waals surface area (Å²) in [6.45, 7) is 2.87. The maximum Gasteiger partial charge on any atom is 1.00 e. The number of piperidine rings is 1. The van der Waals surface area contributed by atoms with Gasteiger partial charge in [0.2, 0.25) is 0 Å². The quantitative estimate of drug-likeness (QED) is 0.278. The molecule has 1 fully saturated rings. The number of carbonyl (C=O) groups excluding carboxylic acids is 3. The third-order valence-electron chi connectivity index (χ3n) is 7.98. The molecule has 6 heterocycles. The second-order valence-electron chi connectivity index (χ2n) is 10.6. The molecule has 10 nitrogen and oxygen atoms in total.